The number of hydrogen-bond donors (Lipinski definition) is 0. The summed E-state index contributed by atoms with van der Waals surface area (Å²) in [6, 6.07) is 9.28. The number of pyridine rings is 1. The minimum Gasteiger partial charge on any atom is -0.465 e. The minimum atomic E-state index is -0.322. The first-order valence-electron chi connectivity index (χ1n) is 4.67. The number of benzene rings is 1. The molecule has 0 saturated carbocycles. The van der Waals surface area contributed by atoms with Crippen molar-refractivity contribution in [1.82, 2.24) is 4.98 Å². The molecule has 1 aromatic heterocycles. The van der Waals surface area contributed by atoms with E-state index in [2.05, 4.69) is 4.98 Å². The molecule has 0 aliphatic rings. The summed E-state index contributed by atoms with van der Waals surface area (Å²) < 4.78 is 4.73. The number of nitrogens with zero attached hydrogens (tertiary/aromatic N) is 1. The molecule has 0 N–H and O–H groups in total. The fraction of sp³-hybridized carbons (Fsp3) is 0.167. The van der Waals surface area contributed by atoms with E-state index in [1.54, 1.807) is 6.07 Å². The summed E-state index contributed by atoms with van der Waals surface area (Å²) in [5, 5.41) is 0.829. The Hall–Kier alpha value is -1.90. The lowest BCUT2D eigenvalue weighted by atomic mass is 10.1. The first-order valence-corrected chi connectivity index (χ1v) is 4.67. The lowest BCUT2D eigenvalue weighted by Gasteiger charge is -2.05. The topological polar surface area (TPSA) is 39.2 Å². The van der Waals surface area contributed by atoms with E-state index < -0.39 is 0 Å². The van der Waals surface area contributed by atoms with Gasteiger partial charge < -0.3 is 4.74 Å². The van der Waals surface area contributed by atoms with E-state index in [4.69, 9.17) is 4.74 Å². The quantitative estimate of drug-likeness (QED) is 0.665. The Bertz CT molecular complexity index is 520. The summed E-state index contributed by atoms with van der Waals surface area (Å²) in [6.07, 6.45) is 0. The van der Waals surface area contributed by atoms with Gasteiger partial charge in [-0.2, -0.15) is 0 Å². The summed E-state index contributed by atoms with van der Waals surface area (Å²) in [4.78, 5) is 15.9. The molecular weight excluding hydrogens is 190 g/mol. The van der Waals surface area contributed by atoms with Crippen molar-refractivity contribution in [1.29, 1.82) is 0 Å². The molecule has 1 heterocycles. The van der Waals surface area contributed by atoms with Crippen LogP contribution in [0.4, 0.5) is 0 Å². The maximum absolute atomic E-state index is 11.5. The molecule has 3 nitrogen and oxygen atoms in total. The van der Waals surface area contributed by atoms with Gasteiger partial charge in [0.1, 0.15) is 0 Å². The van der Waals surface area contributed by atoms with Gasteiger partial charge in [0.05, 0.1) is 18.2 Å². The number of carbonyl (C=O) groups excluding carboxylic acids is 1. The van der Waals surface area contributed by atoms with Crippen molar-refractivity contribution in [3.05, 3.63) is 41.6 Å². The SMILES string of the molecule is COC(=O)c1cc(C)nc2ccccc12. The van der Waals surface area contributed by atoms with Gasteiger partial charge in [0, 0.05) is 11.1 Å². The number of aromatic nitrogens is 1. The Kier molecular flexibility index (Phi) is 2.37. The van der Waals surface area contributed by atoms with Crippen LogP contribution in [0.15, 0.2) is 30.3 Å². The Morgan fingerprint density at radius 1 is 1.33 bits per heavy atom. The van der Waals surface area contributed by atoms with E-state index in [9.17, 15) is 4.79 Å². The zero-order valence-corrected chi connectivity index (χ0v) is 8.65. The second kappa shape index (κ2) is 3.69. The molecule has 0 aliphatic carbocycles. The third-order valence-electron chi connectivity index (χ3n) is 2.25. The number of rotatable bonds is 1. The van der Waals surface area contributed by atoms with Crippen LogP contribution in [0.5, 0.6) is 0 Å². The zero-order valence-electron chi connectivity index (χ0n) is 8.65. The van der Waals surface area contributed by atoms with Crippen molar-refractivity contribution < 1.29 is 9.53 Å². The summed E-state index contributed by atoms with van der Waals surface area (Å²) in [7, 11) is 1.38. The zero-order chi connectivity index (χ0) is 10.8. The van der Waals surface area contributed by atoms with Gasteiger partial charge in [-0.3, -0.25) is 4.98 Å². The molecule has 15 heavy (non-hydrogen) atoms. The van der Waals surface area contributed by atoms with Crippen LogP contribution < -0.4 is 0 Å². The van der Waals surface area contributed by atoms with E-state index in [0.717, 1.165) is 16.6 Å². The lowest BCUT2D eigenvalue weighted by molar-refractivity contribution is 0.0603. The van der Waals surface area contributed by atoms with Gasteiger partial charge in [-0.15, -0.1) is 0 Å². The second-order valence-electron chi connectivity index (χ2n) is 3.32. The highest BCUT2D eigenvalue weighted by Gasteiger charge is 2.11. The van der Waals surface area contributed by atoms with Crippen molar-refractivity contribution >= 4 is 16.9 Å². The van der Waals surface area contributed by atoms with Crippen LogP contribution in [0.2, 0.25) is 0 Å². The third kappa shape index (κ3) is 1.68. The smallest absolute Gasteiger partial charge is 0.338 e. The highest BCUT2D eigenvalue weighted by Crippen LogP contribution is 2.18. The van der Waals surface area contributed by atoms with Gasteiger partial charge in [-0.1, -0.05) is 18.2 Å². The molecule has 0 fully saturated rings. The number of fused-ring (bicyclic) bond motifs is 1. The molecule has 3 heteroatoms. The number of methoxy groups -OCH3 is 1. The van der Waals surface area contributed by atoms with E-state index in [1.807, 2.05) is 31.2 Å². The van der Waals surface area contributed by atoms with Gasteiger partial charge in [-0.25, -0.2) is 4.79 Å². The van der Waals surface area contributed by atoms with Crippen molar-refractivity contribution in [3.8, 4) is 0 Å². The number of hydrogen-bond acceptors (Lipinski definition) is 3. The van der Waals surface area contributed by atoms with Crippen molar-refractivity contribution in [2.24, 2.45) is 0 Å². The monoisotopic (exact) mass is 201 g/mol. The predicted octanol–water partition coefficient (Wildman–Crippen LogP) is 2.33. The van der Waals surface area contributed by atoms with Crippen molar-refractivity contribution in [2.45, 2.75) is 6.92 Å². The molecule has 0 amide bonds. The highest BCUT2D eigenvalue weighted by molar-refractivity contribution is 6.03. The van der Waals surface area contributed by atoms with E-state index >= 15 is 0 Å². The first kappa shape index (κ1) is 9.65. The largest absolute Gasteiger partial charge is 0.465 e. The van der Waals surface area contributed by atoms with Crippen molar-refractivity contribution in [2.75, 3.05) is 7.11 Å². The standard InChI is InChI=1S/C12H11NO2/c1-8-7-10(12(14)15-2)9-5-3-4-6-11(9)13-8/h3-7H,1-2H3. The molecule has 0 atom stereocenters. The van der Waals surface area contributed by atoms with Gasteiger partial charge in [0.25, 0.3) is 0 Å². The molecule has 76 valence electrons. The molecule has 0 spiro atoms. The highest BCUT2D eigenvalue weighted by atomic mass is 16.5. The van der Waals surface area contributed by atoms with E-state index in [-0.39, 0.29) is 5.97 Å². The van der Waals surface area contributed by atoms with Gasteiger partial charge in [-0.05, 0) is 19.1 Å². The average Bonchev–Trinajstić information content (AvgIpc) is 2.26. The fourth-order valence-corrected chi connectivity index (χ4v) is 1.59. The van der Waals surface area contributed by atoms with Gasteiger partial charge in [0.2, 0.25) is 0 Å². The van der Waals surface area contributed by atoms with Crippen LogP contribution in [0.3, 0.4) is 0 Å². The summed E-state index contributed by atoms with van der Waals surface area (Å²) >= 11 is 0. The number of esters is 1. The minimum absolute atomic E-state index is 0.322. The number of aryl methyl sites for hydroxylation is 1. The van der Waals surface area contributed by atoms with Gasteiger partial charge in [0.15, 0.2) is 0 Å². The third-order valence-corrected chi connectivity index (χ3v) is 2.25. The summed E-state index contributed by atoms with van der Waals surface area (Å²) in [5.74, 6) is -0.322. The fourth-order valence-electron chi connectivity index (χ4n) is 1.59. The molecule has 1 aromatic carbocycles. The molecule has 2 rings (SSSR count). The Balaban J connectivity index is 2.76. The number of carbonyl (C=O) groups is 1. The van der Waals surface area contributed by atoms with Crippen LogP contribution in [0, 0.1) is 6.92 Å². The molecule has 0 saturated heterocycles. The number of para-hydroxylation sites is 1. The molecule has 0 bridgehead atoms. The molecule has 0 aliphatic heterocycles. The lowest BCUT2D eigenvalue weighted by Crippen LogP contribution is -2.03. The van der Waals surface area contributed by atoms with Crippen molar-refractivity contribution in [3.63, 3.8) is 0 Å². The van der Waals surface area contributed by atoms with E-state index in [1.165, 1.54) is 7.11 Å². The summed E-state index contributed by atoms with van der Waals surface area (Å²) in [5.41, 5.74) is 2.20. The van der Waals surface area contributed by atoms with Crippen LogP contribution in [-0.2, 0) is 4.74 Å². The average molecular weight is 201 g/mol. The normalized spacial score (nSPS) is 10.3. The second-order valence-corrected chi connectivity index (χ2v) is 3.32. The van der Waals surface area contributed by atoms with Crippen LogP contribution in [-0.4, -0.2) is 18.1 Å². The first-order chi connectivity index (χ1) is 7.22. The van der Waals surface area contributed by atoms with Crippen LogP contribution >= 0.6 is 0 Å². The van der Waals surface area contributed by atoms with E-state index in [0.29, 0.717) is 5.56 Å². The van der Waals surface area contributed by atoms with Gasteiger partial charge >= 0.3 is 5.97 Å². The maximum atomic E-state index is 11.5. The van der Waals surface area contributed by atoms with Crippen LogP contribution in [0.25, 0.3) is 10.9 Å². The number of ether oxygens (including phenoxy) is 1. The molecular formula is C12H11NO2. The predicted molar refractivity (Wildman–Crippen MR) is 57.8 cm³/mol. The summed E-state index contributed by atoms with van der Waals surface area (Å²) in [6.45, 7) is 1.86. The molecule has 0 unspecified atom stereocenters. The Morgan fingerprint density at radius 3 is 2.80 bits per heavy atom. The molecule has 2 aromatic rings. The Morgan fingerprint density at radius 2 is 2.07 bits per heavy atom. The Labute approximate surface area is 87.7 Å². The van der Waals surface area contributed by atoms with Crippen LogP contribution in [0.1, 0.15) is 16.1 Å². The maximum Gasteiger partial charge on any atom is 0.338 e. The molecule has 0 radical (unpaired) electrons.